The third-order valence-corrected chi connectivity index (χ3v) is 3.29. The van der Waals surface area contributed by atoms with E-state index in [0.29, 0.717) is 31.1 Å². The largest absolute Gasteiger partial charge is 0.493 e. The molecular weight excluding hydrogens is 256 g/mol. The predicted molar refractivity (Wildman–Crippen MR) is 78.9 cm³/mol. The molecule has 1 aromatic rings. The highest BCUT2D eigenvalue weighted by Crippen LogP contribution is 2.28. The van der Waals surface area contributed by atoms with Crippen LogP contribution in [-0.4, -0.2) is 38.1 Å². The predicted octanol–water partition coefficient (Wildman–Crippen LogP) is 1.65. The number of benzene rings is 1. The molecule has 1 rings (SSSR count). The van der Waals surface area contributed by atoms with Crippen LogP contribution in [0.5, 0.6) is 11.5 Å². The summed E-state index contributed by atoms with van der Waals surface area (Å²) in [6.45, 7) is 5.36. The van der Waals surface area contributed by atoms with Crippen LogP contribution in [0.1, 0.15) is 19.4 Å². The minimum atomic E-state index is -0.157. The summed E-state index contributed by atoms with van der Waals surface area (Å²) in [6, 6.07) is 5.67. The first-order valence-corrected chi connectivity index (χ1v) is 6.77. The van der Waals surface area contributed by atoms with Gasteiger partial charge in [0.2, 0.25) is 5.91 Å². The fourth-order valence-electron chi connectivity index (χ4n) is 1.96. The molecule has 0 saturated heterocycles. The van der Waals surface area contributed by atoms with E-state index in [2.05, 4.69) is 0 Å². The zero-order valence-corrected chi connectivity index (χ0v) is 12.7. The van der Waals surface area contributed by atoms with Gasteiger partial charge in [-0.25, -0.2) is 0 Å². The van der Waals surface area contributed by atoms with E-state index in [9.17, 15) is 4.79 Å². The van der Waals surface area contributed by atoms with Gasteiger partial charge in [-0.2, -0.15) is 0 Å². The molecule has 0 bridgehead atoms. The van der Waals surface area contributed by atoms with E-state index in [4.69, 9.17) is 15.2 Å². The highest BCUT2D eigenvalue weighted by molar-refractivity contribution is 5.78. The van der Waals surface area contributed by atoms with Gasteiger partial charge in [0.15, 0.2) is 11.5 Å². The number of carbonyl (C=O) groups is 1. The van der Waals surface area contributed by atoms with Gasteiger partial charge in [0.1, 0.15) is 0 Å². The number of hydrogen-bond acceptors (Lipinski definition) is 4. The van der Waals surface area contributed by atoms with Crippen LogP contribution in [-0.2, 0) is 11.3 Å². The molecule has 20 heavy (non-hydrogen) atoms. The lowest BCUT2D eigenvalue weighted by atomic mass is 10.1. The molecule has 1 atom stereocenters. The van der Waals surface area contributed by atoms with E-state index < -0.39 is 0 Å². The van der Waals surface area contributed by atoms with Gasteiger partial charge >= 0.3 is 0 Å². The van der Waals surface area contributed by atoms with E-state index >= 15 is 0 Å². The molecule has 2 N–H and O–H groups in total. The highest BCUT2D eigenvalue weighted by Gasteiger charge is 2.18. The van der Waals surface area contributed by atoms with Crippen molar-refractivity contribution in [2.45, 2.75) is 20.4 Å². The molecule has 5 heteroatoms. The van der Waals surface area contributed by atoms with Crippen LogP contribution in [0.25, 0.3) is 0 Å². The maximum absolute atomic E-state index is 12.2. The number of ether oxygens (including phenoxy) is 2. The SMILES string of the molecule is CCN(Cc1ccc(OC)c(OC)c1)C(=O)C(C)CN. The number of nitrogens with two attached hydrogens (primary N) is 1. The fraction of sp³-hybridized carbons (Fsp3) is 0.533. The quantitative estimate of drug-likeness (QED) is 0.824. The first kappa shape index (κ1) is 16.3. The van der Waals surface area contributed by atoms with Crippen LogP contribution in [0, 0.1) is 5.92 Å². The summed E-state index contributed by atoms with van der Waals surface area (Å²) in [5.74, 6) is 1.27. The van der Waals surface area contributed by atoms with Gasteiger partial charge in [-0.3, -0.25) is 4.79 Å². The van der Waals surface area contributed by atoms with E-state index in [1.165, 1.54) is 0 Å². The van der Waals surface area contributed by atoms with Crippen molar-refractivity contribution in [2.24, 2.45) is 11.7 Å². The summed E-state index contributed by atoms with van der Waals surface area (Å²) in [6.07, 6.45) is 0. The number of nitrogens with zero attached hydrogens (tertiary/aromatic N) is 1. The van der Waals surface area contributed by atoms with Gasteiger partial charge in [-0.15, -0.1) is 0 Å². The smallest absolute Gasteiger partial charge is 0.226 e. The maximum Gasteiger partial charge on any atom is 0.226 e. The van der Waals surface area contributed by atoms with Crippen molar-refractivity contribution < 1.29 is 14.3 Å². The monoisotopic (exact) mass is 280 g/mol. The Morgan fingerprint density at radius 1 is 1.30 bits per heavy atom. The van der Waals surface area contributed by atoms with Crippen LogP contribution in [0.4, 0.5) is 0 Å². The minimum Gasteiger partial charge on any atom is -0.493 e. The third kappa shape index (κ3) is 3.87. The zero-order valence-electron chi connectivity index (χ0n) is 12.7. The molecule has 0 saturated carbocycles. The first-order valence-electron chi connectivity index (χ1n) is 6.77. The Hall–Kier alpha value is -1.75. The third-order valence-electron chi connectivity index (χ3n) is 3.29. The van der Waals surface area contributed by atoms with Crippen LogP contribution < -0.4 is 15.2 Å². The highest BCUT2D eigenvalue weighted by atomic mass is 16.5. The van der Waals surface area contributed by atoms with Crippen molar-refractivity contribution in [3.8, 4) is 11.5 Å². The molecule has 0 radical (unpaired) electrons. The number of amides is 1. The lowest BCUT2D eigenvalue weighted by Crippen LogP contribution is -2.37. The molecule has 0 fully saturated rings. The molecule has 112 valence electrons. The number of methoxy groups -OCH3 is 2. The molecule has 5 nitrogen and oxygen atoms in total. The summed E-state index contributed by atoms with van der Waals surface area (Å²) >= 11 is 0. The van der Waals surface area contributed by atoms with E-state index in [-0.39, 0.29) is 11.8 Å². The topological polar surface area (TPSA) is 64.8 Å². The molecule has 1 unspecified atom stereocenters. The zero-order chi connectivity index (χ0) is 15.1. The summed E-state index contributed by atoms with van der Waals surface area (Å²) in [4.78, 5) is 14.0. The standard InChI is InChI=1S/C15H24N2O3/c1-5-17(15(18)11(2)9-16)10-12-6-7-13(19-3)14(8-12)20-4/h6-8,11H,5,9-10,16H2,1-4H3. The van der Waals surface area contributed by atoms with Gasteiger partial charge in [0.05, 0.1) is 14.2 Å². The van der Waals surface area contributed by atoms with Gasteiger partial charge in [-0.05, 0) is 24.6 Å². The van der Waals surface area contributed by atoms with Crippen molar-refractivity contribution in [3.05, 3.63) is 23.8 Å². The Balaban J connectivity index is 2.87. The van der Waals surface area contributed by atoms with Crippen LogP contribution >= 0.6 is 0 Å². The molecule has 0 heterocycles. The second-order valence-electron chi connectivity index (χ2n) is 4.68. The number of carbonyl (C=O) groups excluding carboxylic acids is 1. The van der Waals surface area contributed by atoms with Crippen molar-refractivity contribution in [1.29, 1.82) is 0 Å². The molecule has 1 amide bonds. The molecular formula is C15H24N2O3. The summed E-state index contributed by atoms with van der Waals surface area (Å²) < 4.78 is 10.5. The summed E-state index contributed by atoms with van der Waals surface area (Å²) in [5.41, 5.74) is 6.56. The minimum absolute atomic E-state index is 0.0739. The number of rotatable bonds is 7. The van der Waals surface area contributed by atoms with E-state index in [0.717, 1.165) is 5.56 Å². The average molecular weight is 280 g/mol. The van der Waals surface area contributed by atoms with Crippen molar-refractivity contribution in [3.63, 3.8) is 0 Å². The normalized spacial score (nSPS) is 11.8. The van der Waals surface area contributed by atoms with Crippen LogP contribution in [0.2, 0.25) is 0 Å². The van der Waals surface area contributed by atoms with Crippen LogP contribution in [0.3, 0.4) is 0 Å². The first-order chi connectivity index (χ1) is 9.57. The van der Waals surface area contributed by atoms with Crippen molar-refractivity contribution in [2.75, 3.05) is 27.3 Å². The number of hydrogen-bond donors (Lipinski definition) is 1. The second kappa shape index (κ2) is 7.75. The van der Waals surface area contributed by atoms with Crippen molar-refractivity contribution >= 4 is 5.91 Å². The Labute approximate surface area is 120 Å². The van der Waals surface area contributed by atoms with Gasteiger partial charge in [0.25, 0.3) is 0 Å². The van der Waals surface area contributed by atoms with E-state index in [1.807, 2.05) is 32.0 Å². The van der Waals surface area contributed by atoms with Gasteiger partial charge in [-0.1, -0.05) is 13.0 Å². The Morgan fingerprint density at radius 2 is 1.95 bits per heavy atom. The summed E-state index contributed by atoms with van der Waals surface area (Å²) in [5, 5.41) is 0. The molecule has 0 aliphatic rings. The Kier molecular flexibility index (Phi) is 6.31. The van der Waals surface area contributed by atoms with Crippen LogP contribution in [0.15, 0.2) is 18.2 Å². The second-order valence-corrected chi connectivity index (χ2v) is 4.68. The Morgan fingerprint density at radius 3 is 2.45 bits per heavy atom. The Bertz CT molecular complexity index is 449. The fourth-order valence-corrected chi connectivity index (χ4v) is 1.96. The average Bonchev–Trinajstić information content (AvgIpc) is 2.50. The molecule has 0 aliphatic carbocycles. The lowest BCUT2D eigenvalue weighted by Gasteiger charge is -2.24. The van der Waals surface area contributed by atoms with Gasteiger partial charge < -0.3 is 20.1 Å². The lowest BCUT2D eigenvalue weighted by molar-refractivity contribution is -0.135. The van der Waals surface area contributed by atoms with Gasteiger partial charge in [0, 0.05) is 25.6 Å². The van der Waals surface area contributed by atoms with E-state index in [1.54, 1.807) is 19.1 Å². The summed E-state index contributed by atoms with van der Waals surface area (Å²) in [7, 11) is 3.20. The molecule has 0 aromatic heterocycles. The molecule has 0 aliphatic heterocycles. The molecule has 1 aromatic carbocycles. The molecule has 0 spiro atoms. The van der Waals surface area contributed by atoms with Crippen molar-refractivity contribution in [1.82, 2.24) is 4.90 Å². The maximum atomic E-state index is 12.2.